The molecular formula is C34H46N4O3. The normalized spacial score (nSPS) is 24.7. The lowest BCUT2D eigenvalue weighted by molar-refractivity contribution is -0.124. The van der Waals surface area contributed by atoms with Gasteiger partial charge in [0.05, 0.1) is 31.7 Å². The third kappa shape index (κ3) is 7.37. The van der Waals surface area contributed by atoms with Crippen LogP contribution >= 0.6 is 0 Å². The van der Waals surface area contributed by atoms with Crippen LogP contribution in [-0.2, 0) is 9.53 Å². The van der Waals surface area contributed by atoms with E-state index in [1.165, 1.54) is 12.8 Å². The molecule has 0 bridgehead atoms. The largest absolute Gasteiger partial charge is 0.495 e. The summed E-state index contributed by atoms with van der Waals surface area (Å²) in [7, 11) is 1.67. The zero-order valence-corrected chi connectivity index (χ0v) is 25.0. The molecule has 0 unspecified atom stereocenters. The summed E-state index contributed by atoms with van der Waals surface area (Å²) in [4.78, 5) is 20.7. The van der Waals surface area contributed by atoms with Crippen LogP contribution in [-0.4, -0.2) is 46.8 Å². The lowest BCUT2D eigenvalue weighted by Crippen LogP contribution is -2.42. The molecule has 1 aromatic heterocycles. The number of carbonyl (C=O) groups excluding carboxylic acids is 1. The van der Waals surface area contributed by atoms with E-state index in [0.29, 0.717) is 30.7 Å². The van der Waals surface area contributed by atoms with Gasteiger partial charge < -0.3 is 14.7 Å². The standard InChI is InChI=1S/C34H46N4O3/c1-23(2)33(41-4)20-35-24(3)26-10-8-25(9-11-26)21-37(34(40)27-12-16-32(39)17-13-27)31-7-5-6-28(18-31)29-19-36-38(22-29)30-14-15-30/h5-7,18-20,22,25-27,30,32,39H,3,8-17,21H2,1-2,4H3. The van der Waals surface area contributed by atoms with E-state index in [-0.39, 0.29) is 17.9 Å². The van der Waals surface area contributed by atoms with E-state index in [1.807, 2.05) is 20.0 Å². The van der Waals surface area contributed by atoms with Crippen molar-refractivity contribution in [1.29, 1.82) is 0 Å². The van der Waals surface area contributed by atoms with Gasteiger partial charge in [0.2, 0.25) is 5.91 Å². The molecule has 0 radical (unpaired) electrons. The summed E-state index contributed by atoms with van der Waals surface area (Å²) in [5, 5.41) is 14.6. The number of aliphatic hydroxyl groups is 1. The van der Waals surface area contributed by atoms with Crippen molar-refractivity contribution in [2.75, 3.05) is 18.6 Å². The predicted molar refractivity (Wildman–Crippen MR) is 165 cm³/mol. The van der Waals surface area contributed by atoms with Crippen molar-refractivity contribution >= 4 is 17.8 Å². The van der Waals surface area contributed by atoms with Crippen LogP contribution in [0.5, 0.6) is 0 Å². The molecule has 3 aliphatic carbocycles. The van der Waals surface area contributed by atoms with Crippen molar-refractivity contribution < 1.29 is 14.6 Å². The average molecular weight is 559 g/mol. The molecule has 2 aromatic rings. The average Bonchev–Trinajstić information content (AvgIpc) is 3.72. The summed E-state index contributed by atoms with van der Waals surface area (Å²) in [6.07, 6.45) is 15.0. The van der Waals surface area contributed by atoms with Crippen LogP contribution in [0, 0.1) is 17.8 Å². The number of aromatic nitrogens is 2. The van der Waals surface area contributed by atoms with Crippen LogP contribution in [0.15, 0.2) is 65.3 Å². The van der Waals surface area contributed by atoms with Gasteiger partial charge in [-0.3, -0.25) is 14.5 Å². The molecule has 220 valence electrons. The number of hydrogen-bond donors (Lipinski definition) is 1. The van der Waals surface area contributed by atoms with Crippen LogP contribution in [0.1, 0.15) is 84.1 Å². The molecule has 5 rings (SSSR count). The molecular weight excluding hydrogens is 512 g/mol. The van der Waals surface area contributed by atoms with Gasteiger partial charge in [0, 0.05) is 41.5 Å². The number of amides is 1. The Morgan fingerprint density at radius 2 is 1.78 bits per heavy atom. The first-order valence-corrected chi connectivity index (χ1v) is 15.4. The molecule has 0 atom stereocenters. The molecule has 0 aliphatic heterocycles. The minimum absolute atomic E-state index is 0.0322. The van der Waals surface area contributed by atoms with Gasteiger partial charge >= 0.3 is 0 Å². The van der Waals surface area contributed by atoms with E-state index >= 15 is 0 Å². The minimum Gasteiger partial charge on any atom is -0.495 e. The van der Waals surface area contributed by atoms with Crippen LogP contribution in [0.25, 0.3) is 11.1 Å². The number of nitrogens with zero attached hydrogens (tertiary/aromatic N) is 4. The maximum atomic E-state index is 14.0. The van der Waals surface area contributed by atoms with E-state index in [4.69, 9.17) is 4.74 Å². The molecule has 41 heavy (non-hydrogen) atoms. The monoisotopic (exact) mass is 558 g/mol. The van der Waals surface area contributed by atoms with Gasteiger partial charge in [-0.1, -0.05) is 18.7 Å². The molecule has 0 saturated heterocycles. The fraction of sp³-hybridized carbons (Fsp3) is 0.559. The summed E-state index contributed by atoms with van der Waals surface area (Å²) in [6, 6.07) is 8.94. The van der Waals surface area contributed by atoms with Gasteiger partial charge in [0.25, 0.3) is 0 Å². The SMILES string of the molecule is C=C(N=CC(OC)=C(C)C)C1CCC(CN(C(=O)C2CCC(O)CC2)c2cccc(-c3cnn(C4CC4)c3)c2)CC1. The highest BCUT2D eigenvalue weighted by Crippen LogP contribution is 2.38. The smallest absolute Gasteiger partial charge is 0.230 e. The van der Waals surface area contributed by atoms with Crippen molar-refractivity contribution in [3.63, 3.8) is 0 Å². The first-order chi connectivity index (χ1) is 19.8. The Bertz CT molecular complexity index is 1270. The number of ether oxygens (including phenoxy) is 1. The number of hydrogen-bond acceptors (Lipinski definition) is 5. The zero-order valence-electron chi connectivity index (χ0n) is 25.0. The van der Waals surface area contributed by atoms with E-state index < -0.39 is 0 Å². The van der Waals surface area contributed by atoms with Crippen molar-refractivity contribution in [3.05, 3.63) is 60.3 Å². The number of allylic oxidation sites excluding steroid dienone is 3. The van der Waals surface area contributed by atoms with Gasteiger partial charge in [-0.25, -0.2) is 0 Å². The van der Waals surface area contributed by atoms with Gasteiger partial charge in [0.15, 0.2) is 0 Å². The minimum atomic E-state index is -0.276. The van der Waals surface area contributed by atoms with Crippen LogP contribution in [0.4, 0.5) is 5.69 Å². The molecule has 1 heterocycles. The second-order valence-corrected chi connectivity index (χ2v) is 12.5. The summed E-state index contributed by atoms with van der Waals surface area (Å²) in [6.45, 7) is 9.00. The Balaban J connectivity index is 1.29. The summed E-state index contributed by atoms with van der Waals surface area (Å²) < 4.78 is 7.49. The zero-order chi connectivity index (χ0) is 28.9. The number of benzene rings is 1. The van der Waals surface area contributed by atoms with Crippen LogP contribution in [0.3, 0.4) is 0 Å². The molecule has 1 amide bonds. The van der Waals surface area contributed by atoms with E-state index in [0.717, 1.165) is 78.9 Å². The predicted octanol–water partition coefficient (Wildman–Crippen LogP) is 7.10. The van der Waals surface area contributed by atoms with Crippen molar-refractivity contribution in [3.8, 4) is 11.1 Å². The number of carbonyl (C=O) groups is 1. The summed E-state index contributed by atoms with van der Waals surface area (Å²) in [5.74, 6) is 1.73. The van der Waals surface area contributed by atoms with Gasteiger partial charge in [-0.15, -0.1) is 0 Å². The number of aliphatic hydroxyl groups excluding tert-OH is 1. The Kier molecular flexibility index (Phi) is 9.43. The fourth-order valence-electron chi connectivity index (χ4n) is 6.31. The number of rotatable bonds is 10. The van der Waals surface area contributed by atoms with Gasteiger partial charge in [-0.05, 0) is 107 Å². The molecule has 0 spiro atoms. The quantitative estimate of drug-likeness (QED) is 0.249. The maximum Gasteiger partial charge on any atom is 0.230 e. The van der Waals surface area contributed by atoms with Crippen LogP contribution < -0.4 is 4.90 Å². The maximum absolute atomic E-state index is 14.0. The second-order valence-electron chi connectivity index (χ2n) is 12.5. The fourth-order valence-corrected chi connectivity index (χ4v) is 6.31. The van der Waals surface area contributed by atoms with E-state index in [2.05, 4.69) is 56.7 Å². The van der Waals surface area contributed by atoms with Gasteiger partial charge in [-0.2, -0.15) is 5.10 Å². The second kappa shape index (κ2) is 13.2. The topological polar surface area (TPSA) is 79.9 Å². The van der Waals surface area contributed by atoms with Gasteiger partial charge in [0.1, 0.15) is 5.76 Å². The Morgan fingerprint density at radius 3 is 2.44 bits per heavy atom. The Morgan fingerprint density at radius 1 is 1.07 bits per heavy atom. The highest BCUT2D eigenvalue weighted by atomic mass is 16.5. The molecule has 1 N–H and O–H groups in total. The molecule has 3 fully saturated rings. The Labute approximate surface area is 245 Å². The molecule has 1 aromatic carbocycles. The molecule has 7 nitrogen and oxygen atoms in total. The Hall–Kier alpha value is -3.19. The van der Waals surface area contributed by atoms with E-state index in [1.54, 1.807) is 13.3 Å². The lowest BCUT2D eigenvalue weighted by Gasteiger charge is -2.35. The van der Waals surface area contributed by atoms with Crippen LogP contribution in [0.2, 0.25) is 0 Å². The third-order valence-electron chi connectivity index (χ3n) is 9.14. The van der Waals surface area contributed by atoms with E-state index in [9.17, 15) is 9.90 Å². The van der Waals surface area contributed by atoms with Crippen molar-refractivity contribution in [1.82, 2.24) is 9.78 Å². The lowest BCUT2D eigenvalue weighted by atomic mass is 9.80. The number of methoxy groups -OCH3 is 1. The summed E-state index contributed by atoms with van der Waals surface area (Å²) >= 11 is 0. The highest BCUT2D eigenvalue weighted by Gasteiger charge is 2.32. The molecule has 3 aliphatic rings. The number of anilines is 1. The van der Waals surface area contributed by atoms with Crippen molar-refractivity contribution in [2.24, 2.45) is 22.7 Å². The summed E-state index contributed by atoms with van der Waals surface area (Å²) in [5.41, 5.74) is 5.15. The first kappa shape index (κ1) is 29.3. The number of aliphatic imine (C=N–C) groups is 1. The van der Waals surface area contributed by atoms with Crippen molar-refractivity contribution in [2.45, 2.75) is 90.2 Å². The molecule has 7 heteroatoms. The molecule has 3 saturated carbocycles. The highest BCUT2D eigenvalue weighted by molar-refractivity contribution is 5.95. The third-order valence-corrected chi connectivity index (χ3v) is 9.14. The first-order valence-electron chi connectivity index (χ1n) is 15.4.